The van der Waals surface area contributed by atoms with Gasteiger partial charge in [-0.25, -0.2) is 9.97 Å². The largest absolute Gasteiger partial charge is 0.355 e. The summed E-state index contributed by atoms with van der Waals surface area (Å²) in [7, 11) is 1.55. The number of hydrogen-bond acceptors (Lipinski definition) is 5. The van der Waals surface area contributed by atoms with Crippen LogP contribution in [-0.2, 0) is 4.79 Å². The van der Waals surface area contributed by atoms with Crippen LogP contribution in [0, 0.1) is 12.8 Å². The number of rotatable bonds is 5. The smallest absolute Gasteiger partial charge is 0.254 e. The van der Waals surface area contributed by atoms with Crippen molar-refractivity contribution < 1.29 is 9.59 Å². The summed E-state index contributed by atoms with van der Waals surface area (Å²) < 4.78 is 0. The van der Waals surface area contributed by atoms with Crippen LogP contribution in [0.4, 0.5) is 17.2 Å². The number of nitrogens with one attached hydrogen (secondary N) is 3. The van der Waals surface area contributed by atoms with Crippen LogP contribution in [-0.4, -0.2) is 28.8 Å². The fourth-order valence-electron chi connectivity index (χ4n) is 2.31. The Bertz CT molecular complexity index is 836. The lowest BCUT2D eigenvalue weighted by atomic mass is 10.2. The molecule has 7 nitrogen and oxygen atoms in total. The minimum Gasteiger partial charge on any atom is -0.355 e. The number of hydrogen-bond donors (Lipinski definition) is 3. The highest BCUT2D eigenvalue weighted by Crippen LogP contribution is 2.31. The number of halogens is 1. The van der Waals surface area contributed by atoms with Crippen LogP contribution in [0.3, 0.4) is 0 Å². The molecule has 0 bridgehead atoms. The van der Waals surface area contributed by atoms with Gasteiger partial charge in [-0.1, -0.05) is 11.6 Å². The Morgan fingerprint density at radius 2 is 2.00 bits per heavy atom. The molecule has 0 spiro atoms. The molecule has 130 valence electrons. The molecular weight excluding hydrogens is 342 g/mol. The van der Waals surface area contributed by atoms with Crippen molar-refractivity contribution in [1.29, 1.82) is 0 Å². The molecule has 1 saturated carbocycles. The second-order valence-corrected chi connectivity index (χ2v) is 6.22. The van der Waals surface area contributed by atoms with Gasteiger partial charge in [-0.2, -0.15) is 0 Å². The van der Waals surface area contributed by atoms with E-state index >= 15 is 0 Å². The van der Waals surface area contributed by atoms with Crippen LogP contribution in [0.2, 0.25) is 5.15 Å². The van der Waals surface area contributed by atoms with E-state index in [0.717, 1.165) is 24.1 Å². The van der Waals surface area contributed by atoms with E-state index in [9.17, 15) is 9.59 Å². The van der Waals surface area contributed by atoms with Crippen molar-refractivity contribution in [2.45, 2.75) is 19.8 Å². The standard InChI is InChI=1S/C17H18ClN5O2/c1-9-12(5-6-20-15(9)18)22-13-7-14(23-16(24)10-3-4-10)21-8-11(13)17(25)19-2/h5-8,10H,3-4H2,1-2H3,(H,19,25)(H2,20,21,22,23,24). The number of amides is 2. The fraction of sp³-hybridized carbons (Fsp3) is 0.294. The summed E-state index contributed by atoms with van der Waals surface area (Å²) >= 11 is 6.05. The average molecular weight is 360 g/mol. The molecule has 1 fully saturated rings. The summed E-state index contributed by atoms with van der Waals surface area (Å²) in [6.45, 7) is 1.83. The normalized spacial score (nSPS) is 13.2. The van der Waals surface area contributed by atoms with Gasteiger partial charge in [-0.3, -0.25) is 9.59 Å². The van der Waals surface area contributed by atoms with Gasteiger partial charge in [0.2, 0.25) is 5.91 Å². The van der Waals surface area contributed by atoms with Gasteiger partial charge in [-0.15, -0.1) is 0 Å². The first-order valence-corrected chi connectivity index (χ1v) is 8.28. The Balaban J connectivity index is 1.93. The Kier molecular flexibility index (Phi) is 4.85. The van der Waals surface area contributed by atoms with E-state index in [4.69, 9.17) is 11.6 Å². The third-order valence-corrected chi connectivity index (χ3v) is 4.37. The Morgan fingerprint density at radius 3 is 2.68 bits per heavy atom. The predicted octanol–water partition coefficient (Wildman–Crippen LogP) is 2.89. The van der Waals surface area contributed by atoms with Gasteiger partial charge in [0.25, 0.3) is 5.91 Å². The highest BCUT2D eigenvalue weighted by atomic mass is 35.5. The zero-order chi connectivity index (χ0) is 18.0. The summed E-state index contributed by atoms with van der Waals surface area (Å²) in [5, 5.41) is 8.91. The zero-order valence-electron chi connectivity index (χ0n) is 13.9. The van der Waals surface area contributed by atoms with Crippen molar-refractivity contribution in [2.75, 3.05) is 17.7 Å². The molecule has 8 heteroatoms. The van der Waals surface area contributed by atoms with Crippen LogP contribution < -0.4 is 16.0 Å². The van der Waals surface area contributed by atoms with E-state index in [0.29, 0.717) is 22.2 Å². The lowest BCUT2D eigenvalue weighted by Crippen LogP contribution is -2.20. The Labute approximate surface area is 150 Å². The molecule has 0 saturated heterocycles. The monoisotopic (exact) mass is 359 g/mol. The maximum absolute atomic E-state index is 12.1. The van der Waals surface area contributed by atoms with Crippen LogP contribution >= 0.6 is 11.6 Å². The minimum atomic E-state index is -0.284. The molecule has 0 aromatic carbocycles. The number of aromatic nitrogens is 2. The summed E-state index contributed by atoms with van der Waals surface area (Å²) in [6.07, 6.45) is 4.82. The second-order valence-electron chi connectivity index (χ2n) is 5.86. The summed E-state index contributed by atoms with van der Waals surface area (Å²) in [4.78, 5) is 32.2. The maximum Gasteiger partial charge on any atom is 0.254 e. The highest BCUT2D eigenvalue weighted by Gasteiger charge is 2.30. The van der Waals surface area contributed by atoms with Gasteiger partial charge in [0.05, 0.1) is 11.3 Å². The van der Waals surface area contributed by atoms with Crippen LogP contribution in [0.25, 0.3) is 0 Å². The predicted molar refractivity (Wildman–Crippen MR) is 96.2 cm³/mol. The number of carbonyl (C=O) groups is 2. The summed E-state index contributed by atoms with van der Waals surface area (Å²) in [6, 6.07) is 3.40. The van der Waals surface area contributed by atoms with Crippen molar-refractivity contribution in [2.24, 2.45) is 5.92 Å². The lowest BCUT2D eigenvalue weighted by molar-refractivity contribution is -0.117. The Hall–Kier alpha value is -2.67. The van der Waals surface area contributed by atoms with Crippen molar-refractivity contribution in [1.82, 2.24) is 15.3 Å². The number of nitrogens with zero attached hydrogens (tertiary/aromatic N) is 2. The highest BCUT2D eigenvalue weighted by molar-refractivity contribution is 6.30. The molecule has 1 aliphatic carbocycles. The first-order chi connectivity index (χ1) is 12.0. The van der Waals surface area contributed by atoms with E-state index in [-0.39, 0.29) is 17.7 Å². The maximum atomic E-state index is 12.1. The number of anilines is 3. The van der Waals surface area contributed by atoms with Gasteiger partial charge >= 0.3 is 0 Å². The molecule has 0 atom stereocenters. The van der Waals surface area contributed by atoms with E-state index in [2.05, 4.69) is 25.9 Å². The molecule has 25 heavy (non-hydrogen) atoms. The van der Waals surface area contributed by atoms with Crippen molar-refractivity contribution in [3.63, 3.8) is 0 Å². The molecule has 1 aliphatic rings. The van der Waals surface area contributed by atoms with E-state index in [1.807, 2.05) is 6.92 Å². The third-order valence-electron chi connectivity index (χ3n) is 3.99. The fourth-order valence-corrected chi connectivity index (χ4v) is 2.47. The number of pyridine rings is 2. The van der Waals surface area contributed by atoms with Crippen molar-refractivity contribution >= 4 is 40.6 Å². The molecule has 0 unspecified atom stereocenters. The molecule has 0 aliphatic heterocycles. The Morgan fingerprint density at radius 1 is 1.24 bits per heavy atom. The van der Waals surface area contributed by atoms with Gasteiger partial charge in [0, 0.05) is 42.7 Å². The van der Waals surface area contributed by atoms with E-state index < -0.39 is 0 Å². The lowest BCUT2D eigenvalue weighted by Gasteiger charge is -2.15. The zero-order valence-corrected chi connectivity index (χ0v) is 14.6. The summed E-state index contributed by atoms with van der Waals surface area (Å²) in [5.41, 5.74) is 2.35. The quantitative estimate of drug-likeness (QED) is 0.713. The molecule has 2 aromatic heterocycles. The van der Waals surface area contributed by atoms with Crippen LogP contribution in [0.15, 0.2) is 24.5 Å². The minimum absolute atomic E-state index is 0.0470. The SMILES string of the molecule is CNC(=O)c1cnc(NC(=O)C2CC2)cc1Nc1ccnc(Cl)c1C. The molecule has 3 rings (SSSR count). The summed E-state index contributed by atoms with van der Waals surface area (Å²) in [5.74, 6) is 0.130. The average Bonchev–Trinajstić information content (AvgIpc) is 3.44. The second kappa shape index (κ2) is 7.06. The molecule has 0 radical (unpaired) electrons. The number of carbonyl (C=O) groups excluding carboxylic acids is 2. The van der Waals surface area contributed by atoms with E-state index in [1.54, 1.807) is 25.4 Å². The topological polar surface area (TPSA) is 96.0 Å². The van der Waals surface area contributed by atoms with E-state index in [1.165, 1.54) is 6.20 Å². The molecule has 2 heterocycles. The first kappa shape index (κ1) is 17.2. The molecule has 2 amide bonds. The van der Waals surface area contributed by atoms with Gasteiger partial charge < -0.3 is 16.0 Å². The molecule has 2 aromatic rings. The van der Waals surface area contributed by atoms with Crippen LogP contribution in [0.1, 0.15) is 28.8 Å². The molecule has 3 N–H and O–H groups in total. The third kappa shape index (κ3) is 3.88. The van der Waals surface area contributed by atoms with Gasteiger partial charge in [0.1, 0.15) is 11.0 Å². The van der Waals surface area contributed by atoms with Gasteiger partial charge in [0.15, 0.2) is 0 Å². The molecular formula is C17H18ClN5O2. The van der Waals surface area contributed by atoms with Crippen molar-refractivity contribution in [3.8, 4) is 0 Å². The first-order valence-electron chi connectivity index (χ1n) is 7.90. The van der Waals surface area contributed by atoms with Gasteiger partial charge in [-0.05, 0) is 25.8 Å². The van der Waals surface area contributed by atoms with Crippen molar-refractivity contribution in [3.05, 3.63) is 40.8 Å². The van der Waals surface area contributed by atoms with Crippen LogP contribution in [0.5, 0.6) is 0 Å².